The Morgan fingerprint density at radius 1 is 1.22 bits per heavy atom. The molecule has 2 saturated heterocycles. The number of aromatic nitrogens is 3. The fourth-order valence-corrected chi connectivity index (χ4v) is 4.49. The SMILES string of the molecule is CN1CC(c2nc(-c3ccccc3)n[nH]2)C2(C1)CN(C(=O)c1ccoc1)C2. The van der Waals surface area contributed by atoms with Gasteiger partial charge in [-0.15, -0.1) is 0 Å². The van der Waals surface area contributed by atoms with Crippen LogP contribution in [0.4, 0.5) is 0 Å². The minimum absolute atomic E-state index is 0.0294. The normalized spacial score (nSPS) is 21.5. The van der Waals surface area contributed by atoms with Crippen LogP contribution in [0.25, 0.3) is 11.4 Å². The van der Waals surface area contributed by atoms with Crippen LogP contribution in [-0.4, -0.2) is 64.1 Å². The van der Waals surface area contributed by atoms with Crippen molar-refractivity contribution in [2.24, 2.45) is 5.41 Å². The Labute approximate surface area is 157 Å². The summed E-state index contributed by atoms with van der Waals surface area (Å²) in [5.41, 5.74) is 1.64. The maximum Gasteiger partial charge on any atom is 0.257 e. The molecule has 2 fully saturated rings. The molecule has 3 aromatic rings. The Morgan fingerprint density at radius 3 is 2.78 bits per heavy atom. The largest absolute Gasteiger partial charge is 0.472 e. The number of amides is 1. The van der Waals surface area contributed by atoms with E-state index < -0.39 is 0 Å². The highest BCUT2D eigenvalue weighted by atomic mass is 16.3. The average molecular weight is 363 g/mol. The highest BCUT2D eigenvalue weighted by Crippen LogP contribution is 2.48. The van der Waals surface area contributed by atoms with Gasteiger partial charge in [0.1, 0.15) is 12.1 Å². The quantitative estimate of drug-likeness (QED) is 0.772. The van der Waals surface area contributed by atoms with E-state index in [-0.39, 0.29) is 17.2 Å². The number of aromatic amines is 1. The molecular weight excluding hydrogens is 342 g/mol. The predicted molar refractivity (Wildman–Crippen MR) is 99.1 cm³/mol. The lowest BCUT2D eigenvalue weighted by Gasteiger charge is -2.50. The van der Waals surface area contributed by atoms with Crippen molar-refractivity contribution in [3.05, 3.63) is 60.3 Å². The van der Waals surface area contributed by atoms with Gasteiger partial charge in [0.05, 0.1) is 11.8 Å². The van der Waals surface area contributed by atoms with Gasteiger partial charge in [-0.3, -0.25) is 9.89 Å². The van der Waals surface area contributed by atoms with E-state index in [1.54, 1.807) is 6.07 Å². The number of likely N-dealkylation sites (tertiary alicyclic amines) is 2. The zero-order chi connectivity index (χ0) is 18.4. The summed E-state index contributed by atoms with van der Waals surface area (Å²) in [4.78, 5) is 21.5. The molecule has 4 heterocycles. The maximum absolute atomic E-state index is 12.6. The van der Waals surface area contributed by atoms with Gasteiger partial charge in [0.2, 0.25) is 0 Å². The van der Waals surface area contributed by atoms with Crippen LogP contribution in [0.1, 0.15) is 22.1 Å². The van der Waals surface area contributed by atoms with Crippen LogP contribution in [0, 0.1) is 5.41 Å². The summed E-state index contributed by atoms with van der Waals surface area (Å²) in [6.07, 6.45) is 3.04. The van der Waals surface area contributed by atoms with Crippen LogP contribution in [0.2, 0.25) is 0 Å². The van der Waals surface area contributed by atoms with Crippen LogP contribution in [0.15, 0.2) is 53.3 Å². The van der Waals surface area contributed by atoms with Gasteiger partial charge in [0.15, 0.2) is 5.82 Å². The lowest BCUT2D eigenvalue weighted by Crippen LogP contribution is -2.61. The summed E-state index contributed by atoms with van der Waals surface area (Å²) in [6, 6.07) is 11.7. The van der Waals surface area contributed by atoms with Crippen molar-refractivity contribution in [3.8, 4) is 11.4 Å². The Balaban J connectivity index is 1.37. The Hall–Kier alpha value is -2.93. The molecule has 0 saturated carbocycles. The molecular formula is C20H21N5O2. The minimum Gasteiger partial charge on any atom is -0.472 e. The minimum atomic E-state index is 0.0294. The molecule has 1 atom stereocenters. The van der Waals surface area contributed by atoms with Crippen LogP contribution >= 0.6 is 0 Å². The van der Waals surface area contributed by atoms with Crippen molar-refractivity contribution in [2.45, 2.75) is 5.92 Å². The molecule has 1 unspecified atom stereocenters. The molecule has 7 nitrogen and oxygen atoms in total. The number of likely N-dealkylation sites (N-methyl/N-ethyl adjacent to an activating group) is 1. The molecule has 7 heteroatoms. The fraction of sp³-hybridized carbons (Fsp3) is 0.350. The highest BCUT2D eigenvalue weighted by Gasteiger charge is 2.56. The second kappa shape index (κ2) is 6.06. The van der Waals surface area contributed by atoms with Crippen molar-refractivity contribution < 1.29 is 9.21 Å². The Kier molecular flexibility index (Phi) is 3.65. The monoisotopic (exact) mass is 363 g/mol. The molecule has 0 aliphatic carbocycles. The van der Waals surface area contributed by atoms with Crippen LogP contribution < -0.4 is 0 Å². The van der Waals surface area contributed by atoms with Crippen LogP contribution in [0.3, 0.4) is 0 Å². The third kappa shape index (κ3) is 2.66. The maximum atomic E-state index is 12.6. The second-order valence-electron chi connectivity index (χ2n) is 7.70. The van der Waals surface area contributed by atoms with Crippen molar-refractivity contribution in [1.82, 2.24) is 25.0 Å². The predicted octanol–water partition coefficient (Wildman–Crippen LogP) is 2.24. The standard InChI is InChI=1S/C20H21N5O2/c1-24-9-16(18-21-17(22-23-18)14-5-3-2-4-6-14)20(11-24)12-25(13-20)19(26)15-7-8-27-10-15/h2-8,10,16H,9,11-13H2,1H3,(H,21,22,23). The topological polar surface area (TPSA) is 78.3 Å². The van der Waals surface area contributed by atoms with E-state index in [9.17, 15) is 4.79 Å². The summed E-state index contributed by atoms with van der Waals surface area (Å²) in [6.45, 7) is 3.33. The molecule has 1 N–H and O–H groups in total. The first-order valence-corrected chi connectivity index (χ1v) is 9.12. The summed E-state index contributed by atoms with van der Waals surface area (Å²) < 4.78 is 5.04. The summed E-state index contributed by atoms with van der Waals surface area (Å²) in [5.74, 6) is 1.90. The molecule has 2 aliphatic heterocycles. The van der Waals surface area contributed by atoms with E-state index in [4.69, 9.17) is 9.40 Å². The number of carbonyl (C=O) groups excluding carboxylic acids is 1. The van der Waals surface area contributed by atoms with Gasteiger partial charge in [-0.05, 0) is 13.1 Å². The molecule has 1 amide bonds. The number of carbonyl (C=O) groups is 1. The lowest BCUT2D eigenvalue weighted by atomic mass is 9.71. The fourth-order valence-electron chi connectivity index (χ4n) is 4.49. The van der Waals surface area contributed by atoms with E-state index in [0.717, 1.165) is 43.4 Å². The number of H-pyrrole nitrogens is 1. The molecule has 138 valence electrons. The molecule has 1 spiro atoms. The first kappa shape index (κ1) is 16.3. The number of hydrogen-bond donors (Lipinski definition) is 1. The van der Waals surface area contributed by atoms with Gasteiger partial charge < -0.3 is 14.2 Å². The summed E-state index contributed by atoms with van der Waals surface area (Å²) >= 11 is 0. The molecule has 0 bridgehead atoms. The van der Waals surface area contributed by atoms with E-state index in [0.29, 0.717) is 5.56 Å². The third-order valence-electron chi connectivity index (χ3n) is 5.75. The molecule has 5 rings (SSSR count). The smallest absolute Gasteiger partial charge is 0.257 e. The first-order valence-electron chi connectivity index (χ1n) is 9.12. The number of rotatable bonds is 3. The van der Waals surface area contributed by atoms with E-state index in [2.05, 4.69) is 22.1 Å². The molecule has 1 aromatic carbocycles. The molecule has 2 aromatic heterocycles. The van der Waals surface area contributed by atoms with E-state index in [1.807, 2.05) is 35.2 Å². The Bertz CT molecular complexity index is 944. The second-order valence-corrected chi connectivity index (χ2v) is 7.70. The summed E-state index contributed by atoms with van der Waals surface area (Å²) in [7, 11) is 2.12. The van der Waals surface area contributed by atoms with E-state index >= 15 is 0 Å². The summed E-state index contributed by atoms with van der Waals surface area (Å²) in [5, 5.41) is 7.58. The third-order valence-corrected chi connectivity index (χ3v) is 5.75. The molecule has 0 radical (unpaired) electrons. The van der Waals surface area contributed by atoms with Gasteiger partial charge in [-0.1, -0.05) is 30.3 Å². The van der Waals surface area contributed by atoms with E-state index in [1.165, 1.54) is 12.5 Å². The van der Waals surface area contributed by atoms with Crippen molar-refractivity contribution in [1.29, 1.82) is 0 Å². The number of benzene rings is 1. The van der Waals surface area contributed by atoms with Gasteiger partial charge >= 0.3 is 0 Å². The number of furan rings is 1. The van der Waals surface area contributed by atoms with Gasteiger partial charge in [0, 0.05) is 43.1 Å². The van der Waals surface area contributed by atoms with Gasteiger partial charge in [-0.2, -0.15) is 5.10 Å². The molecule has 2 aliphatic rings. The zero-order valence-corrected chi connectivity index (χ0v) is 15.1. The van der Waals surface area contributed by atoms with Crippen molar-refractivity contribution in [2.75, 3.05) is 33.2 Å². The zero-order valence-electron chi connectivity index (χ0n) is 15.1. The van der Waals surface area contributed by atoms with Gasteiger partial charge in [0.25, 0.3) is 5.91 Å². The van der Waals surface area contributed by atoms with Crippen molar-refractivity contribution in [3.63, 3.8) is 0 Å². The lowest BCUT2D eigenvalue weighted by molar-refractivity contribution is 0.00297. The average Bonchev–Trinajstić information content (AvgIpc) is 3.39. The van der Waals surface area contributed by atoms with Crippen molar-refractivity contribution >= 4 is 5.91 Å². The van der Waals surface area contributed by atoms with Crippen LogP contribution in [-0.2, 0) is 0 Å². The van der Waals surface area contributed by atoms with Crippen LogP contribution in [0.5, 0.6) is 0 Å². The highest BCUT2D eigenvalue weighted by molar-refractivity contribution is 5.94. The molecule has 27 heavy (non-hydrogen) atoms. The first-order chi connectivity index (χ1) is 13.1. The number of hydrogen-bond acceptors (Lipinski definition) is 5. The number of nitrogens with zero attached hydrogens (tertiary/aromatic N) is 4. The Morgan fingerprint density at radius 2 is 2.04 bits per heavy atom. The van der Waals surface area contributed by atoms with Gasteiger partial charge in [-0.25, -0.2) is 4.98 Å². The number of nitrogens with one attached hydrogen (secondary N) is 1.